The van der Waals surface area contributed by atoms with Crippen molar-refractivity contribution in [3.63, 3.8) is 0 Å². The van der Waals surface area contributed by atoms with Crippen LogP contribution in [0.3, 0.4) is 0 Å². The minimum absolute atomic E-state index is 0.297. The molecule has 3 aromatic carbocycles. The van der Waals surface area contributed by atoms with Gasteiger partial charge in [-0.25, -0.2) is 4.90 Å². The second kappa shape index (κ2) is 9.12. The summed E-state index contributed by atoms with van der Waals surface area (Å²) in [6.45, 7) is 0. The summed E-state index contributed by atoms with van der Waals surface area (Å²) < 4.78 is 0. The molecule has 0 bridgehead atoms. The Morgan fingerprint density at radius 3 is 1.88 bits per heavy atom. The van der Waals surface area contributed by atoms with Crippen LogP contribution < -0.4 is 4.90 Å². The summed E-state index contributed by atoms with van der Waals surface area (Å²) in [6, 6.07) is 20.4. The highest BCUT2D eigenvalue weighted by molar-refractivity contribution is 9.08. The topological polar surface area (TPSA) is 54.5 Å². The molecule has 0 spiro atoms. The average Bonchev–Trinajstić information content (AvgIpc) is 3.34. The van der Waals surface area contributed by atoms with Gasteiger partial charge in [0, 0.05) is 25.8 Å². The van der Waals surface area contributed by atoms with Gasteiger partial charge in [0.15, 0.2) is 5.78 Å². The fourth-order valence-corrected chi connectivity index (χ4v) is 6.24. The molecular weight excluding hydrogens is 557 g/mol. The number of carbonyl (C=O) groups is 3. The molecule has 0 N–H and O–H groups in total. The zero-order valence-electron chi connectivity index (χ0n) is 17.3. The van der Waals surface area contributed by atoms with Gasteiger partial charge in [0.05, 0.1) is 16.7 Å². The molecule has 4 aromatic rings. The Morgan fingerprint density at radius 2 is 1.35 bits per heavy atom. The van der Waals surface area contributed by atoms with Crippen LogP contribution in [0, 0.1) is 0 Å². The van der Waals surface area contributed by atoms with E-state index in [1.54, 1.807) is 60.7 Å². The maximum Gasteiger partial charge on any atom is 0.266 e. The molecule has 0 saturated heterocycles. The SMILES string of the molecule is O=C(c1ccc(Cl)cc1)c1c(N2C(=O)c3ccccc3C2=O)sc(-c2ccc(Cl)cc2)c1CBr. The molecule has 1 aliphatic rings. The van der Waals surface area contributed by atoms with E-state index in [2.05, 4.69) is 15.9 Å². The monoisotopic (exact) mass is 569 g/mol. The fourth-order valence-electron chi connectivity index (χ4n) is 3.92. The fraction of sp³-hybridized carbons (Fsp3) is 0.0385. The average molecular weight is 571 g/mol. The third kappa shape index (κ3) is 3.81. The summed E-state index contributed by atoms with van der Waals surface area (Å²) in [5, 5.41) is 1.73. The van der Waals surface area contributed by atoms with Crippen molar-refractivity contribution in [2.24, 2.45) is 0 Å². The van der Waals surface area contributed by atoms with E-state index in [9.17, 15) is 14.4 Å². The van der Waals surface area contributed by atoms with E-state index in [0.717, 1.165) is 15.3 Å². The van der Waals surface area contributed by atoms with Crippen LogP contribution in [0.2, 0.25) is 10.0 Å². The van der Waals surface area contributed by atoms with Crippen molar-refractivity contribution in [3.05, 3.63) is 111 Å². The lowest BCUT2D eigenvalue weighted by Gasteiger charge is -2.14. The van der Waals surface area contributed by atoms with Gasteiger partial charge in [-0.05, 0) is 59.7 Å². The number of thiophene rings is 1. The minimum Gasteiger partial charge on any atom is -0.288 e. The Balaban J connectivity index is 1.74. The number of fused-ring (bicyclic) bond motifs is 1. The van der Waals surface area contributed by atoms with Crippen molar-refractivity contribution in [1.29, 1.82) is 0 Å². The molecule has 2 heterocycles. The number of nitrogens with zero attached hydrogens (tertiary/aromatic N) is 1. The molecule has 1 aromatic heterocycles. The molecule has 34 heavy (non-hydrogen) atoms. The first-order valence-corrected chi connectivity index (χ1v) is 12.9. The number of amides is 2. The lowest BCUT2D eigenvalue weighted by Crippen LogP contribution is -2.30. The van der Waals surface area contributed by atoms with Crippen molar-refractivity contribution in [2.45, 2.75) is 5.33 Å². The van der Waals surface area contributed by atoms with E-state index in [1.807, 2.05) is 12.1 Å². The Labute approximate surface area is 217 Å². The van der Waals surface area contributed by atoms with Gasteiger partial charge in [0.1, 0.15) is 5.00 Å². The highest BCUT2D eigenvalue weighted by atomic mass is 79.9. The molecule has 0 aliphatic carbocycles. The van der Waals surface area contributed by atoms with E-state index in [1.165, 1.54) is 11.3 Å². The van der Waals surface area contributed by atoms with Gasteiger partial charge < -0.3 is 0 Å². The summed E-state index contributed by atoms with van der Waals surface area (Å²) in [4.78, 5) is 42.3. The van der Waals surface area contributed by atoms with Crippen molar-refractivity contribution >= 4 is 73.1 Å². The minimum atomic E-state index is -0.448. The van der Waals surface area contributed by atoms with Crippen molar-refractivity contribution in [2.75, 3.05) is 4.90 Å². The van der Waals surface area contributed by atoms with E-state index < -0.39 is 11.8 Å². The standard InChI is InChI=1S/C26H14BrCl2NO3S/c27-13-20-21(22(31)14-5-9-16(28)10-6-14)26(34-23(20)15-7-11-17(29)12-8-15)30-24(32)18-3-1-2-4-19(18)25(30)33/h1-12H,13H2. The molecule has 0 atom stereocenters. The van der Waals surface area contributed by atoms with E-state index in [4.69, 9.17) is 23.2 Å². The molecule has 168 valence electrons. The largest absolute Gasteiger partial charge is 0.288 e. The molecule has 0 saturated carbocycles. The van der Waals surface area contributed by atoms with E-state index in [-0.39, 0.29) is 5.78 Å². The Hall–Kier alpha value is -2.77. The van der Waals surface area contributed by atoms with Crippen molar-refractivity contribution < 1.29 is 14.4 Å². The number of alkyl halides is 1. The van der Waals surface area contributed by atoms with Crippen LogP contribution in [0.25, 0.3) is 10.4 Å². The number of carbonyl (C=O) groups excluding carboxylic acids is 3. The highest BCUT2D eigenvalue weighted by Gasteiger charge is 2.40. The van der Waals surface area contributed by atoms with Crippen LogP contribution in [-0.4, -0.2) is 17.6 Å². The molecule has 8 heteroatoms. The van der Waals surface area contributed by atoms with E-state index in [0.29, 0.717) is 48.2 Å². The first-order valence-electron chi connectivity index (χ1n) is 10.2. The molecular formula is C26H14BrCl2NO3S. The first-order chi connectivity index (χ1) is 16.4. The quantitative estimate of drug-likeness (QED) is 0.141. The van der Waals surface area contributed by atoms with Gasteiger partial charge in [-0.2, -0.15) is 0 Å². The normalized spacial score (nSPS) is 12.9. The molecule has 2 amide bonds. The van der Waals surface area contributed by atoms with Gasteiger partial charge >= 0.3 is 0 Å². The summed E-state index contributed by atoms with van der Waals surface area (Å²) >= 11 is 16.9. The van der Waals surface area contributed by atoms with Gasteiger partial charge in [0.2, 0.25) is 0 Å². The predicted molar refractivity (Wildman–Crippen MR) is 140 cm³/mol. The molecule has 0 unspecified atom stereocenters. The molecule has 0 fully saturated rings. The van der Waals surface area contributed by atoms with Crippen molar-refractivity contribution in [1.82, 2.24) is 0 Å². The predicted octanol–water partition coefficient (Wildman–Crippen LogP) is 7.65. The first kappa shape index (κ1) is 23.0. The van der Waals surface area contributed by atoms with Gasteiger partial charge in [0.25, 0.3) is 11.8 Å². The Bertz CT molecular complexity index is 1430. The van der Waals surface area contributed by atoms with Crippen LogP contribution in [0.4, 0.5) is 5.00 Å². The summed E-state index contributed by atoms with van der Waals surface area (Å²) in [7, 11) is 0. The van der Waals surface area contributed by atoms with Crippen LogP contribution in [0.1, 0.15) is 42.2 Å². The second-order valence-corrected chi connectivity index (χ2v) is 9.99. The number of hydrogen-bond donors (Lipinski definition) is 0. The van der Waals surface area contributed by atoms with Gasteiger partial charge in [-0.15, -0.1) is 11.3 Å². The number of halogens is 3. The zero-order chi connectivity index (χ0) is 24.0. The highest BCUT2D eigenvalue weighted by Crippen LogP contribution is 2.46. The maximum absolute atomic E-state index is 13.8. The molecule has 0 radical (unpaired) electrons. The van der Waals surface area contributed by atoms with Crippen LogP contribution in [0.5, 0.6) is 0 Å². The molecule has 1 aliphatic heterocycles. The van der Waals surface area contributed by atoms with Gasteiger partial charge in [-0.3, -0.25) is 14.4 Å². The van der Waals surface area contributed by atoms with Gasteiger partial charge in [-0.1, -0.05) is 63.4 Å². The summed E-state index contributed by atoms with van der Waals surface area (Å²) in [5.41, 5.74) is 2.88. The Morgan fingerprint density at radius 1 is 0.824 bits per heavy atom. The molecule has 5 rings (SSSR count). The number of benzene rings is 3. The Kier molecular flexibility index (Phi) is 6.16. The third-order valence-electron chi connectivity index (χ3n) is 5.56. The van der Waals surface area contributed by atoms with Crippen LogP contribution in [0.15, 0.2) is 72.8 Å². The molecule has 4 nitrogen and oxygen atoms in total. The number of rotatable bonds is 5. The van der Waals surface area contributed by atoms with E-state index >= 15 is 0 Å². The number of anilines is 1. The smallest absolute Gasteiger partial charge is 0.266 e. The lowest BCUT2D eigenvalue weighted by atomic mass is 9.99. The zero-order valence-corrected chi connectivity index (χ0v) is 21.3. The second-order valence-electron chi connectivity index (χ2n) is 7.56. The lowest BCUT2D eigenvalue weighted by molar-refractivity contribution is 0.0927. The maximum atomic E-state index is 13.8. The summed E-state index contributed by atoms with van der Waals surface area (Å²) in [6.07, 6.45) is 0. The third-order valence-corrected chi connectivity index (χ3v) is 7.89. The van der Waals surface area contributed by atoms with Crippen LogP contribution in [-0.2, 0) is 5.33 Å². The summed E-state index contributed by atoms with van der Waals surface area (Å²) in [5.74, 6) is -1.19. The number of imide groups is 1. The van der Waals surface area contributed by atoms with Crippen LogP contribution >= 0.6 is 50.5 Å². The van der Waals surface area contributed by atoms with Crippen molar-refractivity contribution in [3.8, 4) is 10.4 Å². The number of hydrogen-bond acceptors (Lipinski definition) is 4. The number of ketones is 1.